The molecule has 2 amide bonds. The number of hydrogen-bond acceptors (Lipinski definition) is 7. The van der Waals surface area contributed by atoms with Crippen molar-refractivity contribution in [2.75, 3.05) is 20.7 Å². The summed E-state index contributed by atoms with van der Waals surface area (Å²) in [6.45, 7) is 4.77. The largest absolute Gasteiger partial charge is 0.504 e. The molecule has 1 atom stereocenters. The number of likely N-dealkylation sites (N-methyl/N-ethyl adjacent to an activating group) is 1. The van der Waals surface area contributed by atoms with Gasteiger partial charge in [-0.2, -0.15) is 0 Å². The monoisotopic (exact) mass is 382 g/mol. The van der Waals surface area contributed by atoms with Crippen molar-refractivity contribution in [1.82, 2.24) is 10.2 Å². The Morgan fingerprint density at radius 3 is 2.33 bits per heavy atom. The number of carbonyl (C=O) groups is 3. The number of carbonyl (C=O) groups excluding carboxylic acids is 3. The van der Waals surface area contributed by atoms with Gasteiger partial charge in [-0.3, -0.25) is 9.59 Å². The highest BCUT2D eigenvalue weighted by Crippen LogP contribution is 2.25. The van der Waals surface area contributed by atoms with Crippen molar-refractivity contribution in [1.29, 1.82) is 0 Å². The van der Waals surface area contributed by atoms with Crippen LogP contribution in [0.15, 0.2) is 18.2 Å². The van der Waals surface area contributed by atoms with E-state index in [9.17, 15) is 24.6 Å². The van der Waals surface area contributed by atoms with Gasteiger partial charge in [0, 0.05) is 13.5 Å². The zero-order chi connectivity index (χ0) is 20.8. The van der Waals surface area contributed by atoms with E-state index in [1.165, 1.54) is 32.4 Å². The van der Waals surface area contributed by atoms with E-state index in [1.807, 2.05) is 0 Å². The lowest BCUT2D eigenvalue weighted by molar-refractivity contribution is -0.146. The average Bonchev–Trinajstić information content (AvgIpc) is 2.54. The normalized spacial score (nSPS) is 12.0. The van der Waals surface area contributed by atoms with Crippen LogP contribution < -0.4 is 5.32 Å². The number of hydrogen-bond donors (Lipinski definition) is 3. The Kier molecular flexibility index (Phi) is 7.45. The number of nitrogens with one attached hydrogen (secondary N) is 1. The minimum Gasteiger partial charge on any atom is -0.504 e. The summed E-state index contributed by atoms with van der Waals surface area (Å²) in [4.78, 5) is 37.3. The van der Waals surface area contributed by atoms with Crippen LogP contribution in [0.4, 0.5) is 4.79 Å². The fourth-order valence-electron chi connectivity index (χ4n) is 2.18. The van der Waals surface area contributed by atoms with Crippen molar-refractivity contribution >= 4 is 18.0 Å². The number of phenolic OH excluding ortho intramolecular Hbond substituents is 2. The molecule has 9 heteroatoms. The Balaban J connectivity index is 2.99. The van der Waals surface area contributed by atoms with E-state index in [2.05, 4.69) is 10.1 Å². The van der Waals surface area contributed by atoms with Gasteiger partial charge >= 0.3 is 12.1 Å². The van der Waals surface area contributed by atoms with Crippen LogP contribution in [0, 0.1) is 0 Å². The van der Waals surface area contributed by atoms with E-state index in [0.29, 0.717) is 5.56 Å². The highest BCUT2D eigenvalue weighted by atomic mass is 16.6. The van der Waals surface area contributed by atoms with Crippen molar-refractivity contribution in [2.45, 2.75) is 38.8 Å². The van der Waals surface area contributed by atoms with Crippen LogP contribution in [0.1, 0.15) is 26.3 Å². The minimum atomic E-state index is -1.06. The van der Waals surface area contributed by atoms with Gasteiger partial charge in [-0.1, -0.05) is 6.07 Å². The molecule has 0 bridgehead atoms. The smallest absolute Gasteiger partial charge is 0.408 e. The van der Waals surface area contributed by atoms with Crippen molar-refractivity contribution in [2.24, 2.45) is 0 Å². The van der Waals surface area contributed by atoms with Crippen molar-refractivity contribution in [3.8, 4) is 11.5 Å². The molecule has 0 fully saturated rings. The second kappa shape index (κ2) is 9.11. The molecule has 1 rings (SSSR count). The molecular weight excluding hydrogens is 356 g/mol. The predicted molar refractivity (Wildman–Crippen MR) is 96.3 cm³/mol. The van der Waals surface area contributed by atoms with Crippen molar-refractivity contribution < 1.29 is 34.1 Å². The number of methoxy groups -OCH3 is 1. The summed E-state index contributed by atoms with van der Waals surface area (Å²) in [6, 6.07) is 3.01. The summed E-state index contributed by atoms with van der Waals surface area (Å²) in [5.74, 6) is -1.80. The molecule has 0 saturated heterocycles. The molecule has 3 N–H and O–H groups in total. The van der Waals surface area contributed by atoms with Crippen LogP contribution in [0.5, 0.6) is 11.5 Å². The maximum Gasteiger partial charge on any atom is 0.408 e. The SMILES string of the molecule is COC(=O)CN(C)C(=O)[C@H](Cc1ccc(O)c(O)c1)NC(=O)OC(C)(C)C. The first-order chi connectivity index (χ1) is 12.4. The summed E-state index contributed by atoms with van der Waals surface area (Å²) < 4.78 is 9.72. The highest BCUT2D eigenvalue weighted by molar-refractivity contribution is 5.88. The molecule has 0 heterocycles. The minimum absolute atomic E-state index is 0.0113. The Morgan fingerprint density at radius 2 is 1.81 bits per heavy atom. The second-order valence-electron chi connectivity index (χ2n) is 7.00. The molecule has 150 valence electrons. The average molecular weight is 382 g/mol. The third-order valence-corrected chi connectivity index (χ3v) is 3.44. The first-order valence-corrected chi connectivity index (χ1v) is 8.25. The molecule has 0 spiro atoms. The van der Waals surface area contributed by atoms with E-state index >= 15 is 0 Å². The van der Waals surface area contributed by atoms with Crippen molar-refractivity contribution in [3.63, 3.8) is 0 Å². The molecule has 0 saturated carbocycles. The molecule has 9 nitrogen and oxygen atoms in total. The number of phenols is 2. The molecule has 0 aromatic heterocycles. The summed E-state index contributed by atoms with van der Waals surface area (Å²) in [6.07, 6.45) is -0.785. The molecule has 27 heavy (non-hydrogen) atoms. The quantitative estimate of drug-likeness (QED) is 0.498. The summed E-state index contributed by atoms with van der Waals surface area (Å²) >= 11 is 0. The summed E-state index contributed by atoms with van der Waals surface area (Å²) in [5.41, 5.74) is -0.266. The van der Waals surface area contributed by atoms with E-state index in [-0.39, 0.29) is 24.5 Å². The van der Waals surface area contributed by atoms with Gasteiger partial charge in [-0.15, -0.1) is 0 Å². The number of amides is 2. The first-order valence-electron chi connectivity index (χ1n) is 8.25. The Hall–Kier alpha value is -2.97. The highest BCUT2D eigenvalue weighted by Gasteiger charge is 2.28. The molecule has 0 aliphatic carbocycles. The van der Waals surface area contributed by atoms with Crippen LogP contribution >= 0.6 is 0 Å². The van der Waals surface area contributed by atoms with Gasteiger partial charge in [0.2, 0.25) is 5.91 Å². The van der Waals surface area contributed by atoms with Crippen LogP contribution in [-0.2, 0) is 25.5 Å². The number of rotatable bonds is 6. The van der Waals surface area contributed by atoms with E-state index < -0.39 is 29.6 Å². The number of aromatic hydroxyl groups is 2. The van der Waals surface area contributed by atoms with Gasteiger partial charge in [0.05, 0.1) is 7.11 Å². The second-order valence-corrected chi connectivity index (χ2v) is 7.00. The topological polar surface area (TPSA) is 125 Å². The number of esters is 1. The third-order valence-electron chi connectivity index (χ3n) is 3.44. The molecule has 0 radical (unpaired) electrons. The van der Waals surface area contributed by atoms with Crippen LogP contribution in [0.2, 0.25) is 0 Å². The van der Waals surface area contributed by atoms with Gasteiger partial charge in [-0.25, -0.2) is 4.79 Å². The van der Waals surface area contributed by atoms with Gasteiger partial charge < -0.3 is 29.9 Å². The Bertz CT molecular complexity index is 697. The van der Waals surface area contributed by atoms with Gasteiger partial charge in [0.15, 0.2) is 11.5 Å². The number of alkyl carbamates (subject to hydrolysis) is 1. The fraction of sp³-hybridized carbons (Fsp3) is 0.500. The molecule has 0 unspecified atom stereocenters. The zero-order valence-electron chi connectivity index (χ0n) is 16.1. The predicted octanol–water partition coefficient (Wildman–Crippen LogP) is 1.16. The fourth-order valence-corrected chi connectivity index (χ4v) is 2.18. The standard InChI is InChI=1S/C18H26N2O7/c1-18(2,3)27-17(25)19-12(16(24)20(4)10-15(23)26-5)8-11-6-7-13(21)14(22)9-11/h6-7,9,12,21-22H,8,10H2,1-5H3,(H,19,25)/t12-/m0/s1. The lowest BCUT2D eigenvalue weighted by Gasteiger charge is -2.26. The van der Waals surface area contributed by atoms with Crippen molar-refractivity contribution in [3.05, 3.63) is 23.8 Å². The van der Waals surface area contributed by atoms with Gasteiger partial charge in [0.25, 0.3) is 0 Å². The zero-order valence-corrected chi connectivity index (χ0v) is 16.1. The van der Waals surface area contributed by atoms with Gasteiger partial charge in [0.1, 0.15) is 18.2 Å². The van der Waals surface area contributed by atoms with E-state index in [4.69, 9.17) is 4.74 Å². The first kappa shape index (κ1) is 22.1. The summed E-state index contributed by atoms with van der Waals surface area (Å²) in [7, 11) is 2.60. The molecule has 1 aromatic rings. The third kappa shape index (κ3) is 7.43. The molecular formula is C18H26N2O7. The maximum absolute atomic E-state index is 12.7. The van der Waals surface area contributed by atoms with Crippen LogP contribution in [0.3, 0.4) is 0 Å². The number of benzene rings is 1. The Morgan fingerprint density at radius 1 is 1.19 bits per heavy atom. The van der Waals surface area contributed by atoms with Crippen LogP contribution in [0.25, 0.3) is 0 Å². The molecule has 0 aliphatic heterocycles. The maximum atomic E-state index is 12.7. The number of ether oxygens (including phenoxy) is 2. The van der Waals surface area contributed by atoms with Crippen LogP contribution in [-0.4, -0.2) is 65.4 Å². The lowest BCUT2D eigenvalue weighted by Crippen LogP contribution is -2.50. The Labute approximate surface area is 157 Å². The molecule has 0 aliphatic rings. The lowest BCUT2D eigenvalue weighted by atomic mass is 10.0. The van der Waals surface area contributed by atoms with E-state index in [0.717, 1.165) is 4.90 Å². The number of nitrogens with zero attached hydrogens (tertiary/aromatic N) is 1. The summed E-state index contributed by atoms with van der Waals surface area (Å²) in [5, 5.41) is 21.5. The van der Waals surface area contributed by atoms with Gasteiger partial charge in [-0.05, 0) is 38.5 Å². The van der Waals surface area contributed by atoms with E-state index in [1.54, 1.807) is 20.8 Å². The molecule has 1 aromatic carbocycles.